The first kappa shape index (κ1) is 21.0. The average Bonchev–Trinajstić information content (AvgIpc) is 3.11. The first-order valence-electron chi connectivity index (χ1n) is 10.5. The van der Waals surface area contributed by atoms with Gasteiger partial charge in [-0.2, -0.15) is 0 Å². The molecule has 11 heteroatoms. The molecule has 0 amide bonds. The number of ether oxygens (including phenoxy) is 1. The molecule has 3 unspecified atom stereocenters. The van der Waals surface area contributed by atoms with Crippen LogP contribution in [0.1, 0.15) is 35.8 Å². The molecule has 31 heavy (non-hydrogen) atoms. The van der Waals surface area contributed by atoms with Crippen LogP contribution in [-0.4, -0.2) is 85.8 Å². The van der Waals surface area contributed by atoms with Gasteiger partial charge in [-0.25, -0.2) is 9.98 Å². The Morgan fingerprint density at radius 1 is 1.26 bits per heavy atom. The molecule has 2 aromatic heterocycles. The Hall–Kier alpha value is -1.86. The number of rotatable bonds is 8. The zero-order valence-electron chi connectivity index (χ0n) is 16.9. The van der Waals surface area contributed by atoms with Gasteiger partial charge >= 0.3 is 0 Å². The second-order valence-electron chi connectivity index (χ2n) is 8.34. The highest BCUT2D eigenvalue weighted by Gasteiger charge is 2.47. The lowest BCUT2D eigenvalue weighted by molar-refractivity contribution is -0.0520. The molecule has 1 aliphatic carbocycles. The third-order valence-corrected chi connectivity index (χ3v) is 7.51. The smallest absolute Gasteiger partial charge is 0.165 e. The molecule has 2 fully saturated rings. The van der Waals surface area contributed by atoms with Crippen LogP contribution >= 0.6 is 11.3 Å². The summed E-state index contributed by atoms with van der Waals surface area (Å²) in [6, 6.07) is 4.25. The Morgan fingerprint density at radius 3 is 2.74 bits per heavy atom. The van der Waals surface area contributed by atoms with E-state index in [1.807, 2.05) is 4.90 Å². The van der Waals surface area contributed by atoms with E-state index in [1.165, 1.54) is 11.2 Å². The van der Waals surface area contributed by atoms with E-state index in [0.29, 0.717) is 18.1 Å². The molecule has 168 valence electrons. The number of aliphatic hydroxyl groups is 4. The summed E-state index contributed by atoms with van der Waals surface area (Å²) >= 11 is 1.77. The maximum Gasteiger partial charge on any atom is 0.165 e. The van der Waals surface area contributed by atoms with Crippen molar-refractivity contribution in [3.05, 3.63) is 34.4 Å². The molecule has 10 nitrogen and oxygen atoms in total. The van der Waals surface area contributed by atoms with Crippen LogP contribution in [-0.2, 0) is 10.2 Å². The third-order valence-electron chi connectivity index (χ3n) is 6.39. The number of nitrogens with zero attached hydrogens (tertiary/aromatic N) is 4. The van der Waals surface area contributed by atoms with Gasteiger partial charge in [-0.05, 0) is 24.3 Å². The van der Waals surface area contributed by atoms with Crippen molar-refractivity contribution in [1.29, 1.82) is 0 Å². The van der Waals surface area contributed by atoms with Crippen molar-refractivity contribution in [3.63, 3.8) is 0 Å². The molecule has 0 radical (unpaired) electrons. The van der Waals surface area contributed by atoms with Crippen molar-refractivity contribution >= 4 is 23.5 Å². The largest absolute Gasteiger partial charge is 0.395 e. The van der Waals surface area contributed by atoms with Gasteiger partial charge < -0.3 is 30.1 Å². The van der Waals surface area contributed by atoms with Crippen molar-refractivity contribution in [2.24, 2.45) is 4.99 Å². The van der Waals surface area contributed by atoms with Gasteiger partial charge in [0.2, 0.25) is 0 Å². The van der Waals surface area contributed by atoms with Gasteiger partial charge in [0.05, 0.1) is 25.9 Å². The van der Waals surface area contributed by atoms with E-state index in [1.54, 1.807) is 22.2 Å². The number of hydrogen-bond acceptors (Lipinski definition) is 10. The lowest BCUT2D eigenvalue weighted by Crippen LogP contribution is -2.43. The van der Waals surface area contributed by atoms with Crippen LogP contribution < -0.4 is 5.32 Å². The van der Waals surface area contributed by atoms with Crippen LogP contribution in [0.4, 0.5) is 5.82 Å². The highest BCUT2D eigenvalue weighted by atomic mass is 32.1. The van der Waals surface area contributed by atoms with Crippen molar-refractivity contribution in [3.8, 4) is 0 Å². The standard InChI is InChI=1S/C20H27N5O5S/c26-6-5-24-10-23-18-14(17(24)21-9-20(3-4-20)13-2-1-7-31-13)22-11-25(18)19-16(29)15(28)12(8-27)30-19/h1-2,7,10-12,15-17,19,21,26-29H,3-6,8-9H2/t12-,15?,16?,17?,19-/m1/s1. The zero-order valence-corrected chi connectivity index (χ0v) is 17.7. The number of hydrogen-bond donors (Lipinski definition) is 5. The monoisotopic (exact) mass is 449 g/mol. The van der Waals surface area contributed by atoms with Gasteiger partial charge in [0.15, 0.2) is 12.0 Å². The quantitative estimate of drug-likeness (QED) is 0.375. The number of thiophene rings is 1. The molecule has 2 aliphatic heterocycles. The number of aliphatic imine (C=N–C) groups is 1. The first-order valence-corrected chi connectivity index (χ1v) is 11.3. The molecule has 1 saturated heterocycles. The number of imidazole rings is 1. The second kappa shape index (κ2) is 8.24. The summed E-state index contributed by atoms with van der Waals surface area (Å²) < 4.78 is 7.24. The van der Waals surface area contributed by atoms with E-state index >= 15 is 0 Å². The van der Waals surface area contributed by atoms with Crippen LogP contribution in [0, 0.1) is 0 Å². The topological polar surface area (TPSA) is 136 Å². The van der Waals surface area contributed by atoms with Crippen LogP contribution in [0.15, 0.2) is 28.8 Å². The summed E-state index contributed by atoms with van der Waals surface area (Å²) in [6.45, 7) is 0.751. The Morgan fingerprint density at radius 2 is 2.10 bits per heavy atom. The lowest BCUT2D eigenvalue weighted by Gasteiger charge is -2.33. The minimum atomic E-state index is -1.21. The van der Waals surface area contributed by atoms with E-state index < -0.39 is 31.1 Å². The van der Waals surface area contributed by atoms with Gasteiger partial charge in [0.1, 0.15) is 30.2 Å². The predicted molar refractivity (Wildman–Crippen MR) is 113 cm³/mol. The minimum Gasteiger partial charge on any atom is -0.395 e. The van der Waals surface area contributed by atoms with E-state index in [9.17, 15) is 20.4 Å². The van der Waals surface area contributed by atoms with Gasteiger partial charge in [-0.3, -0.25) is 9.88 Å². The van der Waals surface area contributed by atoms with Crippen molar-refractivity contribution in [1.82, 2.24) is 19.8 Å². The average molecular weight is 450 g/mol. The third kappa shape index (κ3) is 3.59. The van der Waals surface area contributed by atoms with Crippen LogP contribution in [0.3, 0.4) is 0 Å². The molecule has 3 aliphatic rings. The summed E-state index contributed by atoms with van der Waals surface area (Å²) in [5.74, 6) is 0.516. The van der Waals surface area contributed by atoms with E-state index in [2.05, 4.69) is 32.8 Å². The summed E-state index contributed by atoms with van der Waals surface area (Å²) in [6.07, 6.45) is 0.984. The molecule has 2 aromatic rings. The van der Waals surface area contributed by atoms with Gasteiger partial charge in [-0.1, -0.05) is 6.07 Å². The highest BCUT2D eigenvalue weighted by Crippen LogP contribution is 2.50. The molecule has 0 bridgehead atoms. The molecule has 1 saturated carbocycles. The molecule has 5 atom stereocenters. The van der Waals surface area contributed by atoms with Gasteiger partial charge in [0, 0.05) is 23.4 Å². The fraction of sp³-hybridized carbons (Fsp3) is 0.600. The number of aromatic nitrogens is 2. The van der Waals surface area contributed by atoms with Crippen LogP contribution in [0.2, 0.25) is 0 Å². The minimum absolute atomic E-state index is 0.0227. The number of aliphatic hydroxyl groups excluding tert-OH is 4. The van der Waals surface area contributed by atoms with E-state index in [-0.39, 0.29) is 18.2 Å². The number of nitrogens with one attached hydrogen (secondary N) is 1. The van der Waals surface area contributed by atoms with Crippen LogP contribution in [0.5, 0.6) is 0 Å². The van der Waals surface area contributed by atoms with Crippen molar-refractivity contribution < 1.29 is 25.2 Å². The molecular formula is C20H27N5O5S. The van der Waals surface area contributed by atoms with E-state index in [0.717, 1.165) is 19.4 Å². The van der Waals surface area contributed by atoms with Crippen molar-refractivity contribution in [2.45, 2.75) is 49.0 Å². The summed E-state index contributed by atoms with van der Waals surface area (Å²) in [4.78, 5) is 12.3. The van der Waals surface area contributed by atoms with Gasteiger partial charge in [0.25, 0.3) is 0 Å². The SMILES string of the molecule is OCCN1C=Nc2c(ncn2[C@@H]2O[C@H](CO)C(O)C2O)C1NCC1(c2cccs2)CC1. The molecular weight excluding hydrogens is 422 g/mol. The Labute approximate surface area is 183 Å². The van der Waals surface area contributed by atoms with E-state index in [4.69, 9.17) is 4.74 Å². The van der Waals surface area contributed by atoms with Crippen LogP contribution in [0.25, 0.3) is 0 Å². The normalized spacial score (nSPS) is 31.2. The predicted octanol–water partition coefficient (Wildman–Crippen LogP) is -0.156. The Kier molecular flexibility index (Phi) is 5.59. The second-order valence-corrected chi connectivity index (χ2v) is 9.28. The van der Waals surface area contributed by atoms with Gasteiger partial charge in [-0.15, -0.1) is 11.3 Å². The molecule has 0 aromatic carbocycles. The van der Waals surface area contributed by atoms with Crippen molar-refractivity contribution in [2.75, 3.05) is 26.3 Å². The zero-order chi connectivity index (χ0) is 21.6. The maximum absolute atomic E-state index is 10.4. The molecule has 5 N–H and O–H groups in total. The first-order chi connectivity index (χ1) is 15.1. The Bertz CT molecular complexity index is 931. The summed E-state index contributed by atoms with van der Waals surface area (Å²) in [5, 5.41) is 45.1. The summed E-state index contributed by atoms with van der Waals surface area (Å²) in [7, 11) is 0. The number of fused-ring (bicyclic) bond motifs is 1. The Balaban J connectivity index is 1.40. The maximum atomic E-state index is 10.4. The molecule has 5 rings (SSSR count). The fourth-order valence-corrected chi connectivity index (χ4v) is 5.38. The molecule has 0 spiro atoms. The number of β-amino-alcohol motifs (C(OH)–C–C–N with tert-alkyl or cyclic N) is 1. The fourth-order valence-electron chi connectivity index (χ4n) is 4.39. The molecule has 4 heterocycles. The summed E-state index contributed by atoms with van der Waals surface area (Å²) in [5.41, 5.74) is 0.801. The lowest BCUT2D eigenvalue weighted by atomic mass is 10.0. The highest BCUT2D eigenvalue weighted by molar-refractivity contribution is 7.10.